The molecule has 0 bridgehead atoms. The van der Waals surface area contributed by atoms with E-state index in [0.29, 0.717) is 6.04 Å². The lowest BCUT2D eigenvalue weighted by molar-refractivity contribution is 0.415. The number of methoxy groups -OCH3 is 1. The molecule has 0 saturated heterocycles. The zero-order valence-electron chi connectivity index (χ0n) is 15.6. The van der Waals surface area contributed by atoms with Crippen LogP contribution in [0.15, 0.2) is 59.6 Å². The maximum absolute atomic E-state index is 6.91. The van der Waals surface area contributed by atoms with Gasteiger partial charge in [0.25, 0.3) is 0 Å². The van der Waals surface area contributed by atoms with Crippen molar-refractivity contribution < 1.29 is 4.74 Å². The van der Waals surface area contributed by atoms with Crippen LogP contribution in [0.5, 0.6) is 5.75 Å². The molecule has 0 fully saturated rings. The van der Waals surface area contributed by atoms with E-state index in [2.05, 4.69) is 31.0 Å². The standard InChI is InChI=1S/C14H21N.C8H9NO/c1-3-5-11-14(4-2)15-12-13-9-7-6-8-10-13;1-10-8-4-2-7(6-9)3-5-8/h6-10,12,14H,3-5,11H2,1-2H3;2-6,9H,1H3. The second-order valence-corrected chi connectivity index (χ2v) is 5.81. The molecule has 1 N–H and O–H groups in total. The molecule has 2 aromatic carbocycles. The Morgan fingerprint density at radius 2 is 1.68 bits per heavy atom. The molecule has 0 aliphatic rings. The zero-order valence-corrected chi connectivity index (χ0v) is 15.6. The average molecular weight is 338 g/mol. The number of nitrogens with zero attached hydrogens (tertiary/aromatic N) is 1. The van der Waals surface area contributed by atoms with Gasteiger partial charge in [0.05, 0.1) is 7.11 Å². The second kappa shape index (κ2) is 12.9. The summed E-state index contributed by atoms with van der Waals surface area (Å²) in [5.74, 6) is 0.825. The van der Waals surface area contributed by atoms with Gasteiger partial charge in [0.1, 0.15) is 5.75 Å². The SMILES string of the molecule is CCCCC(CC)N=Cc1ccccc1.COc1ccc(C=N)cc1. The van der Waals surface area contributed by atoms with Crippen LogP contribution in [0.3, 0.4) is 0 Å². The van der Waals surface area contributed by atoms with Gasteiger partial charge in [-0.3, -0.25) is 4.99 Å². The summed E-state index contributed by atoms with van der Waals surface area (Å²) in [6.07, 6.45) is 8.21. The molecule has 1 unspecified atom stereocenters. The molecule has 0 saturated carbocycles. The van der Waals surface area contributed by atoms with Crippen LogP contribution in [0, 0.1) is 5.41 Å². The molecule has 0 aliphatic heterocycles. The van der Waals surface area contributed by atoms with Gasteiger partial charge in [-0.15, -0.1) is 0 Å². The minimum absolute atomic E-state index is 0.505. The molecular weight excluding hydrogens is 308 g/mol. The van der Waals surface area contributed by atoms with Gasteiger partial charge in [-0.2, -0.15) is 0 Å². The first-order valence-electron chi connectivity index (χ1n) is 8.96. The molecule has 0 amide bonds. The van der Waals surface area contributed by atoms with E-state index < -0.39 is 0 Å². The summed E-state index contributed by atoms with van der Waals surface area (Å²) in [7, 11) is 1.62. The van der Waals surface area contributed by atoms with Crippen molar-refractivity contribution in [3.63, 3.8) is 0 Å². The lowest BCUT2D eigenvalue weighted by atomic mass is 10.1. The van der Waals surface area contributed by atoms with E-state index in [1.165, 1.54) is 31.0 Å². The van der Waals surface area contributed by atoms with Gasteiger partial charge in [-0.25, -0.2) is 0 Å². The highest BCUT2D eigenvalue weighted by Crippen LogP contribution is 2.09. The Morgan fingerprint density at radius 1 is 1.00 bits per heavy atom. The predicted octanol–water partition coefficient (Wildman–Crippen LogP) is 5.77. The van der Waals surface area contributed by atoms with Crippen molar-refractivity contribution in [3.8, 4) is 5.75 Å². The van der Waals surface area contributed by atoms with Crippen molar-refractivity contribution in [2.45, 2.75) is 45.6 Å². The lowest BCUT2D eigenvalue weighted by Gasteiger charge is -2.07. The summed E-state index contributed by atoms with van der Waals surface area (Å²) in [5, 5.41) is 6.91. The fraction of sp³-hybridized carbons (Fsp3) is 0.364. The third-order valence-electron chi connectivity index (χ3n) is 3.88. The number of rotatable bonds is 8. The van der Waals surface area contributed by atoms with E-state index in [9.17, 15) is 0 Å². The predicted molar refractivity (Wildman–Crippen MR) is 109 cm³/mol. The van der Waals surface area contributed by atoms with Crippen LogP contribution >= 0.6 is 0 Å². The first-order valence-corrected chi connectivity index (χ1v) is 8.96. The molecule has 25 heavy (non-hydrogen) atoms. The van der Waals surface area contributed by atoms with Crippen molar-refractivity contribution in [3.05, 3.63) is 65.7 Å². The molecule has 0 radical (unpaired) electrons. The third-order valence-corrected chi connectivity index (χ3v) is 3.88. The topological polar surface area (TPSA) is 45.4 Å². The number of nitrogens with one attached hydrogen (secondary N) is 1. The van der Waals surface area contributed by atoms with Gasteiger partial charge in [0.15, 0.2) is 0 Å². The first kappa shape index (κ1) is 20.6. The van der Waals surface area contributed by atoms with Crippen molar-refractivity contribution in [1.82, 2.24) is 0 Å². The maximum Gasteiger partial charge on any atom is 0.118 e. The molecule has 0 aromatic heterocycles. The van der Waals surface area contributed by atoms with Gasteiger partial charge < -0.3 is 10.1 Å². The summed E-state index contributed by atoms with van der Waals surface area (Å²) in [4.78, 5) is 4.62. The summed E-state index contributed by atoms with van der Waals surface area (Å²) in [6.45, 7) is 4.44. The van der Waals surface area contributed by atoms with Gasteiger partial charge in [-0.1, -0.05) is 57.0 Å². The second-order valence-electron chi connectivity index (χ2n) is 5.81. The van der Waals surface area contributed by atoms with E-state index in [1.54, 1.807) is 7.11 Å². The van der Waals surface area contributed by atoms with Crippen LogP contribution in [0.2, 0.25) is 0 Å². The Bertz CT molecular complexity index is 606. The Balaban J connectivity index is 0.000000271. The molecule has 0 heterocycles. The number of ether oxygens (including phenoxy) is 1. The molecule has 0 spiro atoms. The molecule has 0 aliphatic carbocycles. The molecular formula is C22H30N2O. The van der Waals surface area contributed by atoms with Crippen molar-refractivity contribution in [2.24, 2.45) is 4.99 Å². The number of unbranched alkanes of at least 4 members (excludes halogenated alkanes) is 1. The molecule has 2 rings (SSSR count). The van der Waals surface area contributed by atoms with Crippen LogP contribution in [0.1, 0.15) is 50.7 Å². The van der Waals surface area contributed by atoms with Crippen LogP contribution in [0.4, 0.5) is 0 Å². The van der Waals surface area contributed by atoms with E-state index in [0.717, 1.165) is 17.7 Å². The van der Waals surface area contributed by atoms with Crippen LogP contribution in [0.25, 0.3) is 0 Å². The summed E-state index contributed by atoms with van der Waals surface area (Å²) in [6, 6.07) is 18.2. The maximum atomic E-state index is 6.91. The Kier molecular flexibility index (Phi) is 10.7. The quantitative estimate of drug-likeness (QED) is 0.610. The van der Waals surface area contributed by atoms with Crippen LogP contribution in [-0.2, 0) is 0 Å². The Morgan fingerprint density at radius 3 is 2.20 bits per heavy atom. The highest BCUT2D eigenvalue weighted by Gasteiger charge is 2.01. The summed E-state index contributed by atoms with van der Waals surface area (Å²) < 4.78 is 4.94. The third kappa shape index (κ3) is 8.85. The molecule has 3 heteroatoms. The average Bonchev–Trinajstić information content (AvgIpc) is 2.69. The van der Waals surface area contributed by atoms with Gasteiger partial charge >= 0.3 is 0 Å². The molecule has 3 nitrogen and oxygen atoms in total. The van der Waals surface area contributed by atoms with Crippen LogP contribution in [-0.4, -0.2) is 25.6 Å². The van der Waals surface area contributed by atoms with E-state index in [4.69, 9.17) is 10.1 Å². The number of aliphatic imine (C=N–C) groups is 1. The number of hydrogen-bond acceptors (Lipinski definition) is 3. The van der Waals surface area contributed by atoms with Crippen LogP contribution < -0.4 is 4.74 Å². The Labute approximate surface area is 152 Å². The minimum Gasteiger partial charge on any atom is -0.497 e. The summed E-state index contributed by atoms with van der Waals surface area (Å²) >= 11 is 0. The highest BCUT2D eigenvalue weighted by atomic mass is 16.5. The monoisotopic (exact) mass is 338 g/mol. The fourth-order valence-electron chi connectivity index (χ4n) is 2.25. The lowest BCUT2D eigenvalue weighted by Crippen LogP contribution is -2.02. The molecule has 2 aromatic rings. The smallest absolute Gasteiger partial charge is 0.118 e. The van der Waals surface area contributed by atoms with Gasteiger partial charge in [0.2, 0.25) is 0 Å². The normalized spacial score (nSPS) is 11.5. The largest absolute Gasteiger partial charge is 0.497 e. The molecule has 1 atom stereocenters. The fourth-order valence-corrected chi connectivity index (χ4v) is 2.25. The van der Waals surface area contributed by atoms with E-state index in [-0.39, 0.29) is 0 Å². The Hall–Kier alpha value is -2.42. The highest BCUT2D eigenvalue weighted by molar-refractivity contribution is 5.79. The summed E-state index contributed by atoms with van der Waals surface area (Å²) in [5.41, 5.74) is 2.09. The van der Waals surface area contributed by atoms with Crippen molar-refractivity contribution in [1.29, 1.82) is 5.41 Å². The van der Waals surface area contributed by atoms with Crippen molar-refractivity contribution in [2.75, 3.05) is 7.11 Å². The minimum atomic E-state index is 0.505. The van der Waals surface area contributed by atoms with E-state index >= 15 is 0 Å². The number of benzene rings is 2. The van der Waals surface area contributed by atoms with Gasteiger partial charge in [-0.05, 0) is 48.2 Å². The first-order chi connectivity index (χ1) is 12.2. The van der Waals surface area contributed by atoms with Crippen molar-refractivity contribution >= 4 is 12.4 Å². The van der Waals surface area contributed by atoms with Gasteiger partial charge in [0, 0.05) is 18.5 Å². The molecule has 134 valence electrons. The van der Waals surface area contributed by atoms with E-state index in [1.807, 2.05) is 48.7 Å². The number of hydrogen-bond donors (Lipinski definition) is 1. The zero-order chi connectivity index (χ0) is 18.3.